The lowest BCUT2D eigenvalue weighted by molar-refractivity contribution is 0.647. The Morgan fingerprint density at radius 3 is 2.71 bits per heavy atom. The number of benzene rings is 1. The smallest absolute Gasteiger partial charge is 0.0716 e. The van der Waals surface area contributed by atoms with Gasteiger partial charge in [0.2, 0.25) is 0 Å². The van der Waals surface area contributed by atoms with Gasteiger partial charge in [-0.2, -0.15) is 0 Å². The molecule has 2 heteroatoms. The van der Waals surface area contributed by atoms with Crippen LogP contribution in [0.4, 0.5) is 0 Å². The van der Waals surface area contributed by atoms with Gasteiger partial charge in [-0.15, -0.1) is 0 Å². The largest absolute Gasteiger partial charge is 0.256 e. The number of hydrogen-bond acceptors (Lipinski definition) is 1. The maximum atomic E-state index is 5.98. The first-order chi connectivity index (χ1) is 8.15. The summed E-state index contributed by atoms with van der Waals surface area (Å²) in [5.74, 6) is 0.664. The molecule has 0 saturated carbocycles. The summed E-state index contributed by atoms with van der Waals surface area (Å²) in [4.78, 5) is 4.35. The molecule has 2 rings (SSSR count). The summed E-state index contributed by atoms with van der Waals surface area (Å²) < 4.78 is 0. The molecule has 0 bridgehead atoms. The lowest BCUT2D eigenvalue weighted by Crippen LogP contribution is -1.94. The molecular weight excluding hydrogens is 230 g/mol. The molecule has 17 heavy (non-hydrogen) atoms. The Morgan fingerprint density at radius 2 is 2.00 bits per heavy atom. The molecule has 1 aromatic carbocycles. The average Bonchev–Trinajstić information content (AvgIpc) is 2.28. The first kappa shape index (κ1) is 12.1. The van der Waals surface area contributed by atoms with Crippen molar-refractivity contribution in [2.24, 2.45) is 5.92 Å². The van der Waals surface area contributed by atoms with Crippen LogP contribution in [0.3, 0.4) is 0 Å². The van der Waals surface area contributed by atoms with Gasteiger partial charge in [0.25, 0.3) is 0 Å². The van der Waals surface area contributed by atoms with Crippen LogP contribution < -0.4 is 0 Å². The topological polar surface area (TPSA) is 12.9 Å². The van der Waals surface area contributed by atoms with Crippen LogP contribution in [0.25, 0.3) is 11.3 Å². The van der Waals surface area contributed by atoms with E-state index in [2.05, 4.69) is 43.1 Å². The Hall–Kier alpha value is -1.34. The van der Waals surface area contributed by atoms with Crippen LogP contribution in [0.15, 0.2) is 42.6 Å². The molecule has 1 heterocycles. The predicted molar refractivity (Wildman–Crippen MR) is 73.2 cm³/mol. The highest BCUT2D eigenvalue weighted by Gasteiger charge is 2.03. The molecule has 0 N–H and O–H groups in total. The SMILES string of the molecule is CC(C)Cc1cccc(-c2cc(Cl)ccn2)c1. The fourth-order valence-electron chi connectivity index (χ4n) is 1.89. The molecule has 0 aliphatic carbocycles. The van der Waals surface area contributed by atoms with Gasteiger partial charge in [0.1, 0.15) is 0 Å². The minimum absolute atomic E-state index is 0.664. The third-order valence-electron chi connectivity index (χ3n) is 2.59. The molecule has 1 aromatic heterocycles. The Labute approximate surface area is 107 Å². The zero-order valence-corrected chi connectivity index (χ0v) is 10.9. The van der Waals surface area contributed by atoms with Crippen LogP contribution in [0.5, 0.6) is 0 Å². The number of pyridine rings is 1. The zero-order chi connectivity index (χ0) is 12.3. The Kier molecular flexibility index (Phi) is 3.80. The highest BCUT2D eigenvalue weighted by molar-refractivity contribution is 6.30. The van der Waals surface area contributed by atoms with Gasteiger partial charge in [-0.1, -0.05) is 43.6 Å². The molecule has 0 fully saturated rings. The molecule has 0 aliphatic rings. The second-order valence-electron chi connectivity index (χ2n) is 4.66. The summed E-state index contributed by atoms with van der Waals surface area (Å²) in [6.07, 6.45) is 2.83. The minimum atomic E-state index is 0.664. The van der Waals surface area contributed by atoms with Gasteiger partial charge < -0.3 is 0 Å². The molecule has 0 unspecified atom stereocenters. The molecule has 88 valence electrons. The van der Waals surface area contributed by atoms with E-state index in [1.807, 2.05) is 6.07 Å². The van der Waals surface area contributed by atoms with Gasteiger partial charge in [0.05, 0.1) is 5.69 Å². The van der Waals surface area contributed by atoms with E-state index >= 15 is 0 Å². The Balaban J connectivity index is 2.33. The fourth-order valence-corrected chi connectivity index (χ4v) is 2.05. The third-order valence-corrected chi connectivity index (χ3v) is 2.82. The number of aromatic nitrogens is 1. The summed E-state index contributed by atoms with van der Waals surface area (Å²) in [7, 11) is 0. The van der Waals surface area contributed by atoms with Crippen molar-refractivity contribution in [3.05, 3.63) is 53.2 Å². The van der Waals surface area contributed by atoms with Crippen LogP contribution in [0, 0.1) is 5.92 Å². The Morgan fingerprint density at radius 1 is 1.18 bits per heavy atom. The molecule has 0 saturated heterocycles. The van der Waals surface area contributed by atoms with Gasteiger partial charge in [-0.3, -0.25) is 4.98 Å². The van der Waals surface area contributed by atoms with Crippen molar-refractivity contribution < 1.29 is 0 Å². The van der Waals surface area contributed by atoms with Crippen LogP contribution in [0.2, 0.25) is 5.02 Å². The zero-order valence-electron chi connectivity index (χ0n) is 10.2. The summed E-state index contributed by atoms with van der Waals surface area (Å²) >= 11 is 5.98. The van der Waals surface area contributed by atoms with Crippen molar-refractivity contribution in [1.82, 2.24) is 4.98 Å². The molecule has 1 nitrogen and oxygen atoms in total. The van der Waals surface area contributed by atoms with Gasteiger partial charge in [0, 0.05) is 16.8 Å². The fraction of sp³-hybridized carbons (Fsp3) is 0.267. The predicted octanol–water partition coefficient (Wildman–Crippen LogP) is 4.60. The number of halogens is 1. The maximum Gasteiger partial charge on any atom is 0.0716 e. The van der Waals surface area contributed by atoms with Crippen molar-refractivity contribution >= 4 is 11.6 Å². The first-order valence-corrected chi connectivity index (χ1v) is 6.24. The van der Waals surface area contributed by atoms with Crippen LogP contribution in [0.1, 0.15) is 19.4 Å². The summed E-state index contributed by atoms with van der Waals surface area (Å²) in [6.45, 7) is 4.45. The van der Waals surface area contributed by atoms with Crippen LogP contribution in [-0.2, 0) is 6.42 Å². The van der Waals surface area contributed by atoms with E-state index < -0.39 is 0 Å². The quantitative estimate of drug-likeness (QED) is 0.770. The maximum absolute atomic E-state index is 5.98. The van der Waals surface area contributed by atoms with E-state index in [9.17, 15) is 0 Å². The average molecular weight is 246 g/mol. The molecule has 0 aliphatic heterocycles. The van der Waals surface area contributed by atoms with Crippen molar-refractivity contribution in [2.45, 2.75) is 20.3 Å². The highest BCUT2D eigenvalue weighted by atomic mass is 35.5. The monoisotopic (exact) mass is 245 g/mol. The van der Waals surface area contributed by atoms with Crippen molar-refractivity contribution in [3.63, 3.8) is 0 Å². The standard InChI is InChI=1S/C15H16ClN/c1-11(2)8-12-4-3-5-13(9-12)15-10-14(16)6-7-17-15/h3-7,9-11H,8H2,1-2H3. The second-order valence-corrected chi connectivity index (χ2v) is 5.09. The Bertz CT molecular complexity index is 506. The first-order valence-electron chi connectivity index (χ1n) is 5.86. The normalized spacial score (nSPS) is 10.8. The van der Waals surface area contributed by atoms with Crippen molar-refractivity contribution in [3.8, 4) is 11.3 Å². The van der Waals surface area contributed by atoms with Gasteiger partial charge >= 0.3 is 0 Å². The summed E-state index contributed by atoms with van der Waals surface area (Å²) in [6, 6.07) is 12.2. The molecule has 0 radical (unpaired) electrons. The second kappa shape index (κ2) is 5.33. The van der Waals surface area contributed by atoms with E-state index in [-0.39, 0.29) is 0 Å². The number of rotatable bonds is 3. The van der Waals surface area contributed by atoms with E-state index in [1.54, 1.807) is 12.3 Å². The number of nitrogens with zero attached hydrogens (tertiary/aromatic N) is 1. The van der Waals surface area contributed by atoms with Crippen molar-refractivity contribution in [2.75, 3.05) is 0 Å². The molecule has 0 atom stereocenters. The van der Waals surface area contributed by atoms with Gasteiger partial charge in [-0.25, -0.2) is 0 Å². The van der Waals surface area contributed by atoms with Crippen molar-refractivity contribution in [1.29, 1.82) is 0 Å². The lowest BCUT2D eigenvalue weighted by Gasteiger charge is -2.07. The van der Waals surface area contributed by atoms with E-state index in [0.717, 1.165) is 22.7 Å². The van der Waals surface area contributed by atoms with Crippen LogP contribution in [-0.4, -0.2) is 4.98 Å². The summed E-state index contributed by atoms with van der Waals surface area (Å²) in [5.41, 5.74) is 3.41. The molecular formula is C15H16ClN. The minimum Gasteiger partial charge on any atom is -0.256 e. The highest BCUT2D eigenvalue weighted by Crippen LogP contribution is 2.22. The van der Waals surface area contributed by atoms with E-state index in [1.165, 1.54) is 5.56 Å². The summed E-state index contributed by atoms with van der Waals surface area (Å²) in [5, 5.41) is 0.726. The van der Waals surface area contributed by atoms with Crippen LogP contribution >= 0.6 is 11.6 Å². The molecule has 0 spiro atoms. The van der Waals surface area contributed by atoms with Gasteiger partial charge in [-0.05, 0) is 36.1 Å². The molecule has 0 amide bonds. The van der Waals surface area contributed by atoms with E-state index in [4.69, 9.17) is 11.6 Å². The number of hydrogen-bond donors (Lipinski definition) is 0. The molecule has 2 aromatic rings. The lowest BCUT2D eigenvalue weighted by atomic mass is 10.00. The van der Waals surface area contributed by atoms with Gasteiger partial charge in [0.15, 0.2) is 0 Å². The van der Waals surface area contributed by atoms with E-state index in [0.29, 0.717) is 5.92 Å². The third kappa shape index (κ3) is 3.31.